The lowest BCUT2D eigenvalue weighted by Gasteiger charge is -2.26. The standard InChI is InChI=1S/C23H28N2O4S.C2H6O/c1-23(2,3)29-22(28)25-9-8-24-14-19(20(27)15-26)18-12-16(7-10-30(4,5)6)11-17(13-25)21(18)24;1-3-2/h11-12,14-15H,8-9,13H2,1-6H3;1-2H3. The first-order valence-electron chi connectivity index (χ1n) is 10.5. The van der Waals surface area contributed by atoms with Crippen molar-refractivity contribution >= 4 is 39.1 Å². The zero-order chi connectivity index (χ0) is 25.0. The van der Waals surface area contributed by atoms with Gasteiger partial charge in [-0.1, -0.05) is 5.92 Å². The van der Waals surface area contributed by atoms with Crippen molar-refractivity contribution in [3.05, 3.63) is 35.0 Å². The number of carbonyl (C=O) groups is 3. The van der Waals surface area contributed by atoms with Crippen LogP contribution in [0.3, 0.4) is 0 Å². The molecule has 3 rings (SSSR count). The van der Waals surface area contributed by atoms with Crippen LogP contribution in [-0.2, 0) is 27.4 Å². The molecule has 1 aliphatic heterocycles. The number of aromatic nitrogens is 1. The van der Waals surface area contributed by atoms with Gasteiger partial charge in [-0.3, -0.25) is 9.59 Å². The number of amides is 1. The van der Waals surface area contributed by atoms with Gasteiger partial charge in [0.1, 0.15) is 5.60 Å². The normalized spacial score (nSPS) is 13.8. The van der Waals surface area contributed by atoms with Crippen molar-refractivity contribution in [1.82, 2.24) is 9.47 Å². The molecular formula is C25H34N2O5S. The third-order valence-electron chi connectivity index (χ3n) is 4.55. The Bertz CT molecular complexity index is 1110. The van der Waals surface area contributed by atoms with Crippen molar-refractivity contribution < 1.29 is 23.9 Å². The number of rotatable bonds is 2. The molecule has 0 radical (unpaired) electrons. The topological polar surface area (TPSA) is 77.8 Å². The van der Waals surface area contributed by atoms with Crippen LogP contribution in [0.5, 0.6) is 0 Å². The molecule has 0 bridgehead atoms. The number of Topliss-reactive ketones (excluding diaryl/α,β-unsaturated/α-hetero) is 1. The molecule has 0 spiro atoms. The molecule has 1 amide bonds. The van der Waals surface area contributed by atoms with E-state index in [2.05, 4.69) is 34.7 Å². The molecular weight excluding hydrogens is 440 g/mol. The van der Waals surface area contributed by atoms with Gasteiger partial charge in [0.2, 0.25) is 5.78 Å². The number of ketones is 1. The summed E-state index contributed by atoms with van der Waals surface area (Å²) >= 11 is 0. The lowest BCUT2D eigenvalue weighted by molar-refractivity contribution is -0.104. The molecule has 1 aromatic heterocycles. The van der Waals surface area contributed by atoms with Crippen LogP contribution in [0, 0.1) is 11.2 Å². The summed E-state index contributed by atoms with van der Waals surface area (Å²) in [6.45, 7) is 6.82. The Morgan fingerprint density at radius 3 is 2.30 bits per heavy atom. The van der Waals surface area contributed by atoms with Gasteiger partial charge in [-0.25, -0.2) is 4.79 Å². The van der Waals surface area contributed by atoms with Gasteiger partial charge < -0.3 is 18.9 Å². The predicted octanol–water partition coefficient (Wildman–Crippen LogP) is 4.04. The van der Waals surface area contributed by atoms with Crippen LogP contribution >= 0.6 is 10.0 Å². The van der Waals surface area contributed by atoms with E-state index in [9.17, 15) is 14.4 Å². The molecule has 180 valence electrons. The Morgan fingerprint density at radius 1 is 1.12 bits per heavy atom. The SMILES string of the molecule is CC(C)(C)OC(=O)N1CCn2cc(C(=O)C=O)c3cc(C#CS(C)(C)C)cc(c32)C1.COC. The molecule has 0 N–H and O–H groups in total. The van der Waals surface area contributed by atoms with Gasteiger partial charge in [0.15, 0.2) is 6.29 Å². The fourth-order valence-corrected chi connectivity index (χ4v) is 3.79. The van der Waals surface area contributed by atoms with Gasteiger partial charge in [-0.2, -0.15) is 10.0 Å². The van der Waals surface area contributed by atoms with Crippen LogP contribution in [0.25, 0.3) is 10.9 Å². The number of nitrogens with zero attached hydrogens (tertiary/aromatic N) is 2. The van der Waals surface area contributed by atoms with E-state index >= 15 is 0 Å². The van der Waals surface area contributed by atoms with Crippen LogP contribution in [-0.4, -0.2) is 72.8 Å². The summed E-state index contributed by atoms with van der Waals surface area (Å²) in [5.74, 6) is 2.66. The molecule has 0 saturated heterocycles. The van der Waals surface area contributed by atoms with Gasteiger partial charge >= 0.3 is 6.09 Å². The molecule has 1 aliphatic rings. The highest BCUT2D eigenvalue weighted by molar-refractivity contribution is 8.35. The Balaban J connectivity index is 0.00000122. The summed E-state index contributed by atoms with van der Waals surface area (Å²) in [5.41, 5.74) is 2.30. The number of methoxy groups -OCH3 is 1. The van der Waals surface area contributed by atoms with E-state index in [1.807, 2.05) is 37.5 Å². The minimum absolute atomic E-state index is 0.342. The highest BCUT2D eigenvalue weighted by Gasteiger charge is 2.27. The zero-order valence-corrected chi connectivity index (χ0v) is 21.6. The number of hydrogen-bond acceptors (Lipinski definition) is 5. The minimum Gasteiger partial charge on any atom is -0.444 e. The second-order valence-corrected chi connectivity index (χ2v) is 13.5. The smallest absolute Gasteiger partial charge is 0.410 e. The lowest BCUT2D eigenvalue weighted by Crippen LogP contribution is -2.37. The highest BCUT2D eigenvalue weighted by Crippen LogP contribution is 2.33. The largest absolute Gasteiger partial charge is 0.444 e. The van der Waals surface area contributed by atoms with Crippen LogP contribution in [0.2, 0.25) is 0 Å². The number of benzene rings is 1. The Hall–Kier alpha value is -2.76. The van der Waals surface area contributed by atoms with Crippen LogP contribution in [0.15, 0.2) is 18.3 Å². The Morgan fingerprint density at radius 2 is 1.76 bits per heavy atom. The summed E-state index contributed by atoms with van der Waals surface area (Å²) < 4.78 is 11.8. The van der Waals surface area contributed by atoms with Gasteiger partial charge in [-0.15, -0.1) is 0 Å². The molecule has 0 saturated carbocycles. The van der Waals surface area contributed by atoms with E-state index < -0.39 is 21.4 Å². The zero-order valence-electron chi connectivity index (χ0n) is 20.8. The third-order valence-corrected chi connectivity index (χ3v) is 5.26. The Kier molecular flexibility index (Phi) is 8.39. The molecule has 0 aliphatic carbocycles. The van der Waals surface area contributed by atoms with Crippen LogP contribution in [0.1, 0.15) is 42.3 Å². The quantitative estimate of drug-likeness (QED) is 0.284. The number of aldehydes is 1. The maximum absolute atomic E-state index is 12.7. The lowest BCUT2D eigenvalue weighted by atomic mass is 10.0. The molecule has 2 aromatic rings. The molecule has 0 atom stereocenters. The van der Waals surface area contributed by atoms with Gasteiger partial charge in [0, 0.05) is 44.5 Å². The molecule has 0 fully saturated rings. The summed E-state index contributed by atoms with van der Waals surface area (Å²) in [5, 5.41) is 3.99. The van der Waals surface area contributed by atoms with E-state index in [0.717, 1.165) is 16.6 Å². The molecule has 7 nitrogen and oxygen atoms in total. The van der Waals surface area contributed by atoms with E-state index in [4.69, 9.17) is 4.74 Å². The van der Waals surface area contributed by atoms with Gasteiger partial charge in [0.05, 0.1) is 17.6 Å². The molecule has 8 heteroatoms. The molecule has 33 heavy (non-hydrogen) atoms. The minimum atomic E-state index is -1.03. The van der Waals surface area contributed by atoms with Gasteiger partial charge in [-0.05, 0) is 62.5 Å². The second-order valence-electron chi connectivity index (χ2n) is 9.62. The first-order chi connectivity index (χ1) is 15.3. The average Bonchev–Trinajstić information content (AvgIpc) is 2.95. The van der Waals surface area contributed by atoms with Crippen molar-refractivity contribution in [2.45, 2.75) is 39.5 Å². The van der Waals surface area contributed by atoms with Crippen molar-refractivity contribution in [2.75, 3.05) is 39.5 Å². The van der Waals surface area contributed by atoms with Crippen molar-refractivity contribution in [2.24, 2.45) is 0 Å². The summed E-state index contributed by atoms with van der Waals surface area (Å²) in [6.07, 6.45) is 7.99. The number of hydrogen-bond donors (Lipinski definition) is 0. The molecule has 1 aromatic carbocycles. The van der Waals surface area contributed by atoms with E-state index in [-0.39, 0.29) is 6.09 Å². The van der Waals surface area contributed by atoms with Gasteiger partial charge in [0.25, 0.3) is 0 Å². The molecule has 2 heterocycles. The second kappa shape index (κ2) is 10.4. The monoisotopic (exact) mass is 474 g/mol. The van der Waals surface area contributed by atoms with Crippen molar-refractivity contribution in [3.63, 3.8) is 0 Å². The van der Waals surface area contributed by atoms with E-state index in [1.54, 1.807) is 25.3 Å². The summed E-state index contributed by atoms with van der Waals surface area (Å²) in [7, 11) is 2.22. The van der Waals surface area contributed by atoms with Crippen molar-refractivity contribution in [3.8, 4) is 11.2 Å². The fourth-order valence-electron chi connectivity index (χ4n) is 3.37. The van der Waals surface area contributed by atoms with E-state index in [1.165, 1.54) is 0 Å². The average molecular weight is 475 g/mol. The van der Waals surface area contributed by atoms with Crippen LogP contribution < -0.4 is 0 Å². The fraction of sp³-hybridized carbons (Fsp3) is 0.480. The first kappa shape index (κ1) is 26.5. The third kappa shape index (κ3) is 7.11. The Labute approximate surface area is 197 Å². The molecule has 0 unspecified atom stereocenters. The van der Waals surface area contributed by atoms with Crippen molar-refractivity contribution in [1.29, 1.82) is 0 Å². The number of ether oxygens (including phenoxy) is 2. The highest BCUT2D eigenvalue weighted by atomic mass is 32.3. The first-order valence-corrected chi connectivity index (χ1v) is 13.4. The maximum atomic E-state index is 12.7. The number of carbonyl (C=O) groups excluding carboxylic acids is 3. The van der Waals surface area contributed by atoms with Crippen LogP contribution in [0.4, 0.5) is 4.79 Å². The van der Waals surface area contributed by atoms with E-state index in [0.29, 0.717) is 36.9 Å². The predicted molar refractivity (Wildman–Crippen MR) is 134 cm³/mol. The maximum Gasteiger partial charge on any atom is 0.410 e. The summed E-state index contributed by atoms with van der Waals surface area (Å²) in [6, 6.07) is 3.84. The summed E-state index contributed by atoms with van der Waals surface area (Å²) in [4.78, 5) is 37.8.